The lowest BCUT2D eigenvalue weighted by molar-refractivity contribution is 0.583. The van der Waals surface area contributed by atoms with Crippen LogP contribution in [0.4, 0.5) is 0 Å². The van der Waals surface area contributed by atoms with Crippen molar-refractivity contribution in [2.75, 3.05) is 18.6 Å². The van der Waals surface area contributed by atoms with Crippen LogP contribution < -0.4 is 4.72 Å². The molecule has 1 unspecified atom stereocenters. The number of hydrogen-bond acceptors (Lipinski definition) is 5. The zero-order valence-electron chi connectivity index (χ0n) is 9.87. The van der Waals surface area contributed by atoms with Crippen molar-refractivity contribution in [2.24, 2.45) is 0 Å². The van der Waals surface area contributed by atoms with Gasteiger partial charge >= 0.3 is 0 Å². The van der Waals surface area contributed by atoms with Crippen LogP contribution in [0.2, 0.25) is 0 Å². The molecule has 1 aromatic rings. The molecule has 1 aromatic carbocycles. The highest BCUT2D eigenvalue weighted by Crippen LogP contribution is 2.18. The molecule has 0 saturated carbocycles. The second-order valence-corrected chi connectivity index (χ2v) is 9.48. The quantitative estimate of drug-likeness (QED) is 0.746. The van der Waals surface area contributed by atoms with E-state index in [4.69, 9.17) is 10.7 Å². The van der Waals surface area contributed by atoms with E-state index in [9.17, 15) is 21.0 Å². The first kappa shape index (κ1) is 16.6. The summed E-state index contributed by atoms with van der Waals surface area (Å²) >= 11 is 0. The molecule has 19 heavy (non-hydrogen) atoms. The topological polar surface area (TPSA) is 97.4 Å². The summed E-state index contributed by atoms with van der Waals surface area (Å²) in [6.45, 7) is 0.00327. The van der Waals surface area contributed by atoms with Gasteiger partial charge in [-0.1, -0.05) is 6.07 Å². The summed E-state index contributed by atoms with van der Waals surface area (Å²) in [4.78, 5) is -0.507. The molecule has 108 valence electrons. The van der Waals surface area contributed by atoms with E-state index >= 15 is 0 Å². The molecule has 0 heterocycles. The Hall–Kier alpha value is -0.480. The minimum Gasteiger partial charge on any atom is -0.260 e. The second kappa shape index (κ2) is 6.31. The zero-order chi connectivity index (χ0) is 14.7. The van der Waals surface area contributed by atoms with Crippen molar-refractivity contribution in [1.29, 1.82) is 0 Å². The molecule has 0 aromatic heterocycles. The van der Waals surface area contributed by atoms with Crippen molar-refractivity contribution in [3.63, 3.8) is 0 Å². The summed E-state index contributed by atoms with van der Waals surface area (Å²) in [5, 5.41) is 0. The van der Waals surface area contributed by atoms with Gasteiger partial charge in [-0.25, -0.2) is 21.6 Å². The Morgan fingerprint density at radius 2 is 1.79 bits per heavy atom. The zero-order valence-corrected chi connectivity index (χ0v) is 13.1. The molecule has 0 aliphatic heterocycles. The maximum Gasteiger partial charge on any atom is 0.261 e. The third-order valence-electron chi connectivity index (χ3n) is 2.08. The van der Waals surface area contributed by atoms with Gasteiger partial charge in [-0.15, -0.1) is 0 Å². The first-order valence-corrected chi connectivity index (χ1v) is 10.5. The van der Waals surface area contributed by atoms with E-state index < -0.39 is 29.9 Å². The van der Waals surface area contributed by atoms with Gasteiger partial charge in [0.15, 0.2) is 0 Å². The molecule has 0 aliphatic carbocycles. The predicted molar refractivity (Wildman–Crippen MR) is 73.6 cm³/mol. The van der Waals surface area contributed by atoms with Gasteiger partial charge in [-0.2, -0.15) is 0 Å². The van der Waals surface area contributed by atoms with Crippen LogP contribution in [-0.2, 0) is 29.9 Å². The highest BCUT2D eigenvalue weighted by atomic mass is 35.7. The van der Waals surface area contributed by atoms with Crippen molar-refractivity contribution in [3.05, 3.63) is 24.3 Å². The second-order valence-electron chi connectivity index (χ2n) is 3.59. The van der Waals surface area contributed by atoms with Gasteiger partial charge in [0.1, 0.15) is 0 Å². The fourth-order valence-corrected chi connectivity index (χ4v) is 3.66. The van der Waals surface area contributed by atoms with E-state index in [0.717, 1.165) is 6.07 Å². The molecule has 6 nitrogen and oxygen atoms in total. The highest BCUT2D eigenvalue weighted by molar-refractivity contribution is 8.13. The fraction of sp³-hybridized carbons (Fsp3) is 0.333. The Balaban J connectivity index is 2.99. The van der Waals surface area contributed by atoms with Crippen LogP contribution >= 0.6 is 10.7 Å². The Labute approximate surface area is 119 Å². The van der Waals surface area contributed by atoms with Crippen LogP contribution in [0.15, 0.2) is 34.1 Å². The maximum absolute atomic E-state index is 11.8. The van der Waals surface area contributed by atoms with E-state index in [1.807, 2.05) is 0 Å². The molecule has 0 fully saturated rings. The number of halogens is 1. The van der Waals surface area contributed by atoms with Crippen molar-refractivity contribution in [3.8, 4) is 0 Å². The van der Waals surface area contributed by atoms with Gasteiger partial charge in [-0.05, 0) is 18.2 Å². The van der Waals surface area contributed by atoms with Gasteiger partial charge in [0.25, 0.3) is 9.05 Å². The molecular formula is C9H12ClNO5S3. The molecule has 0 bridgehead atoms. The van der Waals surface area contributed by atoms with Crippen LogP contribution in [-0.4, -0.2) is 39.6 Å². The van der Waals surface area contributed by atoms with Gasteiger partial charge in [0, 0.05) is 40.0 Å². The average molecular weight is 346 g/mol. The predicted octanol–water partition coefficient (Wildman–Crippen LogP) is 0.271. The van der Waals surface area contributed by atoms with Crippen LogP contribution in [0.5, 0.6) is 0 Å². The lowest BCUT2D eigenvalue weighted by atomic mass is 10.4. The summed E-state index contributed by atoms with van der Waals surface area (Å²) in [5.74, 6) is 0.173. The lowest BCUT2D eigenvalue weighted by Crippen LogP contribution is -2.27. The maximum atomic E-state index is 11.8. The first-order chi connectivity index (χ1) is 8.63. The fourth-order valence-electron chi connectivity index (χ4n) is 1.20. The van der Waals surface area contributed by atoms with Gasteiger partial charge in [0.05, 0.1) is 9.79 Å². The summed E-state index contributed by atoms with van der Waals surface area (Å²) in [6.07, 6.45) is 1.45. The van der Waals surface area contributed by atoms with E-state index in [2.05, 4.69) is 4.72 Å². The van der Waals surface area contributed by atoms with E-state index in [-0.39, 0.29) is 22.1 Å². The Morgan fingerprint density at radius 1 is 1.21 bits per heavy atom. The standard InChI is InChI=1S/C9H12ClNO5S3/c1-17(12)6-5-11-19(15,16)9-4-2-3-8(7-9)18(10,13)14/h2-4,7,11H,5-6H2,1H3. The molecule has 0 amide bonds. The Kier molecular flexibility index (Phi) is 5.51. The Bertz CT molecular complexity index is 684. The van der Waals surface area contributed by atoms with Crippen molar-refractivity contribution in [1.82, 2.24) is 4.72 Å². The van der Waals surface area contributed by atoms with Crippen LogP contribution in [0.1, 0.15) is 0 Å². The Morgan fingerprint density at radius 3 is 2.32 bits per heavy atom. The molecule has 1 rings (SSSR count). The minimum absolute atomic E-state index is 0.00327. The van der Waals surface area contributed by atoms with E-state index in [1.54, 1.807) is 0 Å². The largest absolute Gasteiger partial charge is 0.261 e. The number of benzene rings is 1. The third kappa shape index (κ3) is 5.19. The normalized spacial score (nSPS) is 14.2. The molecule has 0 saturated heterocycles. The summed E-state index contributed by atoms with van der Waals surface area (Å²) < 4.78 is 59.0. The van der Waals surface area contributed by atoms with Gasteiger partial charge in [-0.3, -0.25) is 4.21 Å². The summed E-state index contributed by atoms with van der Waals surface area (Å²) in [6, 6.07) is 4.69. The molecular weight excluding hydrogens is 334 g/mol. The average Bonchev–Trinajstić information content (AvgIpc) is 2.27. The number of rotatable bonds is 6. The SMILES string of the molecule is CS(=O)CCNS(=O)(=O)c1cccc(S(=O)(=O)Cl)c1. The summed E-state index contributed by atoms with van der Waals surface area (Å²) in [5.41, 5.74) is 0. The monoisotopic (exact) mass is 345 g/mol. The van der Waals surface area contributed by atoms with Crippen molar-refractivity contribution in [2.45, 2.75) is 9.79 Å². The van der Waals surface area contributed by atoms with Crippen LogP contribution in [0.25, 0.3) is 0 Å². The highest BCUT2D eigenvalue weighted by Gasteiger charge is 2.17. The van der Waals surface area contributed by atoms with E-state index in [1.165, 1.54) is 24.5 Å². The molecule has 1 atom stereocenters. The molecule has 0 aliphatic rings. The number of nitrogens with one attached hydrogen (secondary N) is 1. The van der Waals surface area contributed by atoms with E-state index in [0.29, 0.717) is 0 Å². The smallest absolute Gasteiger partial charge is 0.260 e. The van der Waals surface area contributed by atoms with Crippen molar-refractivity contribution < 1.29 is 21.0 Å². The number of hydrogen-bond donors (Lipinski definition) is 1. The molecule has 0 spiro atoms. The third-order valence-corrected chi connectivity index (χ3v) is 5.67. The van der Waals surface area contributed by atoms with Crippen LogP contribution in [0, 0.1) is 0 Å². The molecule has 1 N–H and O–H groups in total. The minimum atomic E-state index is -3.99. The molecule has 0 radical (unpaired) electrons. The molecule has 10 heteroatoms. The first-order valence-electron chi connectivity index (χ1n) is 4.97. The summed E-state index contributed by atoms with van der Waals surface area (Å²) in [7, 11) is -3.81. The van der Waals surface area contributed by atoms with Gasteiger partial charge in [0.2, 0.25) is 10.0 Å². The van der Waals surface area contributed by atoms with Gasteiger partial charge < -0.3 is 0 Å². The van der Waals surface area contributed by atoms with Crippen LogP contribution in [0.3, 0.4) is 0 Å². The number of sulfonamides is 1. The van der Waals surface area contributed by atoms with Crippen molar-refractivity contribution >= 4 is 40.6 Å². The lowest BCUT2D eigenvalue weighted by Gasteiger charge is -2.06.